The Morgan fingerprint density at radius 3 is 2.75 bits per heavy atom. The fourth-order valence-electron chi connectivity index (χ4n) is 4.27. The molecule has 28 heavy (non-hydrogen) atoms. The van der Waals surface area contributed by atoms with Gasteiger partial charge in [-0.3, -0.25) is 4.79 Å². The normalized spacial score (nSPS) is 14.6. The number of carbonyl (C=O) groups is 1. The van der Waals surface area contributed by atoms with Crippen molar-refractivity contribution in [3.05, 3.63) is 59.4 Å². The molecule has 0 atom stereocenters. The number of carbonyl (C=O) groups excluding carboxylic acids is 1. The Bertz CT molecular complexity index is 983. The minimum Gasteiger partial charge on any atom is -0.489 e. The fraction of sp³-hybridized carbons (Fsp3) is 0.417. The molecule has 4 nitrogen and oxygen atoms in total. The van der Waals surface area contributed by atoms with Crippen LogP contribution in [0.3, 0.4) is 0 Å². The molecule has 1 fully saturated rings. The summed E-state index contributed by atoms with van der Waals surface area (Å²) in [7, 11) is 0. The number of imidazole rings is 1. The van der Waals surface area contributed by atoms with Crippen LogP contribution in [0.25, 0.3) is 11.0 Å². The second kappa shape index (κ2) is 8.17. The average Bonchev–Trinajstić information content (AvgIpc) is 3.34. The lowest BCUT2D eigenvalue weighted by molar-refractivity contribution is -0.117. The fourth-order valence-corrected chi connectivity index (χ4v) is 4.27. The van der Waals surface area contributed by atoms with Crippen LogP contribution in [0.1, 0.15) is 61.6 Å². The van der Waals surface area contributed by atoms with Gasteiger partial charge >= 0.3 is 0 Å². The van der Waals surface area contributed by atoms with Crippen molar-refractivity contribution in [3.8, 4) is 5.75 Å². The largest absolute Gasteiger partial charge is 0.489 e. The maximum absolute atomic E-state index is 11.3. The van der Waals surface area contributed by atoms with E-state index in [2.05, 4.69) is 30.1 Å². The van der Waals surface area contributed by atoms with Gasteiger partial charge in [-0.2, -0.15) is 0 Å². The summed E-state index contributed by atoms with van der Waals surface area (Å²) >= 11 is 0. The van der Waals surface area contributed by atoms with Crippen LogP contribution in [0.15, 0.2) is 42.7 Å². The summed E-state index contributed by atoms with van der Waals surface area (Å²) in [6, 6.07) is 12.7. The number of aryl methyl sites for hydroxylation is 2. The van der Waals surface area contributed by atoms with Crippen LogP contribution in [0.2, 0.25) is 0 Å². The van der Waals surface area contributed by atoms with Crippen molar-refractivity contribution < 1.29 is 9.53 Å². The van der Waals surface area contributed by atoms with Gasteiger partial charge in [-0.15, -0.1) is 0 Å². The zero-order valence-electron chi connectivity index (χ0n) is 16.8. The van der Waals surface area contributed by atoms with Gasteiger partial charge in [0, 0.05) is 19.0 Å². The smallest absolute Gasteiger partial charge is 0.131 e. The first-order valence-corrected chi connectivity index (χ1v) is 10.3. The highest BCUT2D eigenvalue weighted by atomic mass is 16.5. The molecule has 1 heterocycles. The highest BCUT2D eigenvalue weighted by molar-refractivity contribution is 5.78. The van der Waals surface area contributed by atoms with Gasteiger partial charge in [-0.05, 0) is 61.4 Å². The van der Waals surface area contributed by atoms with Crippen molar-refractivity contribution in [1.82, 2.24) is 9.55 Å². The minimum absolute atomic E-state index is 0.186. The van der Waals surface area contributed by atoms with Gasteiger partial charge < -0.3 is 9.30 Å². The molecule has 4 rings (SSSR count). The van der Waals surface area contributed by atoms with E-state index >= 15 is 0 Å². The van der Waals surface area contributed by atoms with E-state index in [1.165, 1.54) is 42.4 Å². The molecule has 146 valence electrons. The predicted octanol–water partition coefficient (Wildman–Crippen LogP) is 5.56. The summed E-state index contributed by atoms with van der Waals surface area (Å²) in [6.07, 6.45) is 7.69. The molecule has 1 aromatic heterocycles. The van der Waals surface area contributed by atoms with E-state index in [1.54, 1.807) is 13.3 Å². The summed E-state index contributed by atoms with van der Waals surface area (Å²) in [5.74, 6) is 1.76. The molecule has 1 saturated carbocycles. The number of ketones is 1. The highest BCUT2D eigenvalue weighted by Gasteiger charge is 2.18. The van der Waals surface area contributed by atoms with Gasteiger partial charge in [0.2, 0.25) is 0 Å². The lowest BCUT2D eigenvalue weighted by atomic mass is 9.92. The third-order valence-corrected chi connectivity index (χ3v) is 5.83. The first kappa shape index (κ1) is 18.7. The maximum Gasteiger partial charge on any atom is 0.131 e. The number of hydrogen-bond donors (Lipinski definition) is 0. The Morgan fingerprint density at radius 2 is 2.00 bits per heavy atom. The molecule has 3 aromatic rings. The Kier molecular flexibility index (Phi) is 5.47. The summed E-state index contributed by atoms with van der Waals surface area (Å²) < 4.78 is 8.08. The zero-order valence-corrected chi connectivity index (χ0v) is 16.8. The summed E-state index contributed by atoms with van der Waals surface area (Å²) in [5, 5.41) is 0. The highest BCUT2D eigenvalue weighted by Crippen LogP contribution is 2.36. The molecule has 1 aliphatic rings. The molecule has 0 N–H and O–H groups in total. The van der Waals surface area contributed by atoms with Gasteiger partial charge in [0.05, 0.1) is 17.4 Å². The molecule has 0 radical (unpaired) electrons. The topological polar surface area (TPSA) is 44.1 Å². The Balaban J connectivity index is 1.45. The molecule has 0 saturated heterocycles. The Labute approximate surface area is 166 Å². The number of benzene rings is 2. The van der Waals surface area contributed by atoms with Crippen LogP contribution in [0.5, 0.6) is 5.75 Å². The van der Waals surface area contributed by atoms with Crippen LogP contribution in [-0.2, 0) is 17.9 Å². The number of fused-ring (bicyclic) bond motifs is 1. The number of Topliss-reactive ketones (excluding diaryl/α,β-unsaturated/α-hetero) is 1. The maximum atomic E-state index is 11.3. The second-order valence-corrected chi connectivity index (χ2v) is 8.00. The molecular weight excluding hydrogens is 348 g/mol. The van der Waals surface area contributed by atoms with Crippen molar-refractivity contribution in [2.45, 2.75) is 65.0 Å². The molecular formula is C24H28N2O2. The molecule has 0 spiro atoms. The number of ether oxygens (including phenoxy) is 1. The van der Waals surface area contributed by atoms with Crippen molar-refractivity contribution in [1.29, 1.82) is 0 Å². The number of nitrogens with zero attached hydrogens (tertiary/aromatic N) is 2. The third-order valence-electron chi connectivity index (χ3n) is 5.83. The van der Waals surface area contributed by atoms with Gasteiger partial charge in [0.1, 0.15) is 18.1 Å². The number of hydrogen-bond acceptors (Lipinski definition) is 3. The number of aromatic nitrogens is 2. The van der Waals surface area contributed by atoms with Crippen molar-refractivity contribution in [2.75, 3.05) is 0 Å². The van der Waals surface area contributed by atoms with E-state index in [0.717, 1.165) is 22.7 Å². The van der Waals surface area contributed by atoms with Crippen molar-refractivity contribution >= 4 is 16.8 Å². The molecule has 0 bridgehead atoms. The Hall–Kier alpha value is -2.62. The van der Waals surface area contributed by atoms with Crippen LogP contribution in [-0.4, -0.2) is 15.3 Å². The lowest BCUT2D eigenvalue weighted by Crippen LogP contribution is -2.02. The standard InChI is InChI=1S/C24H28N2O2/c1-17-13-19(7-9-22(17)20-5-3-4-6-20)15-28-21-8-10-23-24(14-21)26(16-25-23)12-11-18(2)27/h7-10,13-14,16,20H,3-6,11-12,15H2,1-2H3. The molecule has 0 unspecified atom stereocenters. The zero-order chi connectivity index (χ0) is 19.5. The van der Waals surface area contributed by atoms with E-state index in [0.29, 0.717) is 19.6 Å². The van der Waals surface area contributed by atoms with Crippen LogP contribution in [0, 0.1) is 6.92 Å². The van der Waals surface area contributed by atoms with Gasteiger partial charge in [0.15, 0.2) is 0 Å². The lowest BCUT2D eigenvalue weighted by Gasteiger charge is -2.15. The van der Waals surface area contributed by atoms with Crippen LogP contribution >= 0.6 is 0 Å². The van der Waals surface area contributed by atoms with E-state index in [9.17, 15) is 4.79 Å². The summed E-state index contributed by atoms with van der Waals surface area (Å²) in [5.41, 5.74) is 6.02. The number of rotatable bonds is 7. The predicted molar refractivity (Wildman–Crippen MR) is 112 cm³/mol. The van der Waals surface area contributed by atoms with Crippen LogP contribution in [0.4, 0.5) is 0 Å². The molecule has 4 heteroatoms. The first-order valence-electron chi connectivity index (χ1n) is 10.3. The molecule has 2 aromatic carbocycles. The van der Waals surface area contributed by atoms with E-state index < -0.39 is 0 Å². The monoisotopic (exact) mass is 376 g/mol. The van der Waals surface area contributed by atoms with Gasteiger partial charge in [-0.25, -0.2) is 4.98 Å². The summed E-state index contributed by atoms with van der Waals surface area (Å²) in [4.78, 5) is 15.7. The quantitative estimate of drug-likeness (QED) is 0.542. The summed E-state index contributed by atoms with van der Waals surface area (Å²) in [6.45, 7) is 5.04. The van der Waals surface area contributed by atoms with Crippen molar-refractivity contribution in [2.24, 2.45) is 0 Å². The minimum atomic E-state index is 0.186. The Morgan fingerprint density at radius 1 is 1.18 bits per heavy atom. The average molecular weight is 377 g/mol. The van der Waals surface area contributed by atoms with Gasteiger partial charge in [0.25, 0.3) is 0 Å². The molecule has 0 aliphatic heterocycles. The van der Waals surface area contributed by atoms with E-state index in [1.807, 2.05) is 22.8 Å². The second-order valence-electron chi connectivity index (χ2n) is 8.00. The third kappa shape index (κ3) is 4.11. The molecule has 1 aliphatic carbocycles. The first-order chi connectivity index (χ1) is 13.6. The van der Waals surface area contributed by atoms with Crippen molar-refractivity contribution in [3.63, 3.8) is 0 Å². The van der Waals surface area contributed by atoms with Gasteiger partial charge in [-0.1, -0.05) is 31.0 Å². The van der Waals surface area contributed by atoms with E-state index in [-0.39, 0.29) is 5.78 Å². The van der Waals surface area contributed by atoms with Crippen LogP contribution < -0.4 is 4.74 Å². The SMILES string of the molecule is CC(=O)CCn1cnc2ccc(OCc3ccc(C4CCCC4)c(C)c3)cc21. The van der Waals surface area contributed by atoms with E-state index in [4.69, 9.17) is 4.74 Å². The molecule has 0 amide bonds.